The van der Waals surface area contributed by atoms with Crippen LogP contribution in [0.4, 0.5) is 0 Å². The first-order valence-electron chi connectivity index (χ1n) is 12.8. The van der Waals surface area contributed by atoms with Crippen molar-refractivity contribution in [1.82, 2.24) is 5.32 Å². The number of nitrogens with one attached hydrogen (secondary N) is 1. The van der Waals surface area contributed by atoms with Gasteiger partial charge in [0.1, 0.15) is 19.0 Å². The molecule has 1 aliphatic heterocycles. The normalized spacial score (nSPS) is 18.8. The van der Waals surface area contributed by atoms with Gasteiger partial charge in [0, 0.05) is 28.3 Å². The summed E-state index contributed by atoms with van der Waals surface area (Å²) in [5.74, 6) is 1.07. The Labute approximate surface area is 232 Å². The summed E-state index contributed by atoms with van der Waals surface area (Å²) >= 11 is 1.53. The number of methoxy groups -OCH3 is 2. The van der Waals surface area contributed by atoms with Gasteiger partial charge < -0.3 is 24.3 Å². The standard InChI is InChI=1S/C31H31NO6S/c1-19-28(31(34)38-14-13-37-22-8-5-4-6-9-22)30(27-10-7-15-39-27)29-23(32-19)16-21(17-24(29)33)20-11-12-25(35-2)26(18-20)36-3/h4-12,15,18,21,30,32H,13-14,16-17H2,1-3H3/t21-,30+/m1/s1. The van der Waals surface area contributed by atoms with Crippen molar-refractivity contribution < 1.29 is 28.5 Å². The first-order chi connectivity index (χ1) is 19.0. The molecular formula is C31H31NO6S. The summed E-state index contributed by atoms with van der Waals surface area (Å²) in [6, 6.07) is 19.1. The van der Waals surface area contributed by atoms with E-state index in [0.29, 0.717) is 46.9 Å². The predicted octanol–water partition coefficient (Wildman–Crippen LogP) is 5.75. The van der Waals surface area contributed by atoms with E-state index >= 15 is 0 Å². The van der Waals surface area contributed by atoms with Crippen molar-refractivity contribution in [2.45, 2.75) is 31.6 Å². The van der Waals surface area contributed by atoms with E-state index in [1.165, 1.54) is 11.3 Å². The number of dihydropyridines is 1. The summed E-state index contributed by atoms with van der Waals surface area (Å²) in [5, 5.41) is 5.36. The highest BCUT2D eigenvalue weighted by Gasteiger charge is 2.42. The van der Waals surface area contributed by atoms with Crippen molar-refractivity contribution in [3.63, 3.8) is 0 Å². The number of rotatable bonds is 9. The fourth-order valence-corrected chi connectivity index (χ4v) is 6.12. The fourth-order valence-electron chi connectivity index (χ4n) is 5.28. The first-order valence-corrected chi connectivity index (χ1v) is 13.7. The third kappa shape index (κ3) is 5.56. The maximum atomic E-state index is 13.7. The van der Waals surface area contributed by atoms with Gasteiger partial charge >= 0.3 is 5.97 Å². The van der Waals surface area contributed by atoms with Crippen molar-refractivity contribution in [2.75, 3.05) is 27.4 Å². The Balaban J connectivity index is 1.38. The lowest BCUT2D eigenvalue weighted by molar-refractivity contribution is -0.140. The summed E-state index contributed by atoms with van der Waals surface area (Å²) < 4.78 is 22.2. The number of ether oxygens (including phenoxy) is 4. The summed E-state index contributed by atoms with van der Waals surface area (Å²) in [5.41, 5.74) is 3.67. The second kappa shape index (κ2) is 11.8. The second-order valence-electron chi connectivity index (χ2n) is 9.44. The zero-order chi connectivity index (χ0) is 27.4. The molecular weight excluding hydrogens is 514 g/mol. The van der Waals surface area contributed by atoms with Crippen LogP contribution in [0, 0.1) is 0 Å². The molecule has 7 nitrogen and oxygen atoms in total. The number of carbonyl (C=O) groups excluding carboxylic acids is 2. The number of hydrogen-bond donors (Lipinski definition) is 1. The summed E-state index contributed by atoms with van der Waals surface area (Å²) in [6.07, 6.45) is 0.979. The molecule has 0 saturated carbocycles. The van der Waals surface area contributed by atoms with Gasteiger partial charge in [-0.05, 0) is 60.5 Å². The largest absolute Gasteiger partial charge is 0.493 e. The molecule has 1 N–H and O–H groups in total. The van der Waals surface area contributed by atoms with E-state index in [0.717, 1.165) is 16.1 Å². The molecule has 202 valence electrons. The molecule has 0 fully saturated rings. The quantitative estimate of drug-likeness (QED) is 0.271. The number of thiophene rings is 1. The minimum absolute atomic E-state index is 0.0205. The van der Waals surface area contributed by atoms with Crippen LogP contribution in [0.3, 0.4) is 0 Å². The minimum Gasteiger partial charge on any atom is -0.493 e. The molecule has 8 heteroatoms. The molecule has 5 rings (SSSR count). The third-order valence-electron chi connectivity index (χ3n) is 7.08. The molecule has 39 heavy (non-hydrogen) atoms. The highest BCUT2D eigenvalue weighted by Crippen LogP contribution is 2.47. The van der Waals surface area contributed by atoms with E-state index in [9.17, 15) is 9.59 Å². The maximum absolute atomic E-state index is 13.7. The van der Waals surface area contributed by atoms with Crippen LogP contribution in [0.25, 0.3) is 0 Å². The van der Waals surface area contributed by atoms with Crippen molar-refractivity contribution in [1.29, 1.82) is 0 Å². The molecule has 2 atom stereocenters. The third-order valence-corrected chi connectivity index (χ3v) is 8.02. The summed E-state index contributed by atoms with van der Waals surface area (Å²) in [4.78, 5) is 28.1. The Kier molecular flexibility index (Phi) is 8.02. The van der Waals surface area contributed by atoms with Gasteiger partial charge in [0.05, 0.1) is 25.7 Å². The van der Waals surface area contributed by atoms with Crippen LogP contribution < -0.4 is 19.5 Å². The number of esters is 1. The van der Waals surface area contributed by atoms with E-state index < -0.39 is 11.9 Å². The van der Waals surface area contributed by atoms with Crippen molar-refractivity contribution >= 4 is 23.1 Å². The molecule has 2 aromatic carbocycles. The number of ketones is 1. The van der Waals surface area contributed by atoms with Crippen LogP contribution in [-0.4, -0.2) is 39.2 Å². The molecule has 2 aliphatic rings. The Morgan fingerprint density at radius 1 is 0.974 bits per heavy atom. The Bertz CT molecular complexity index is 1410. The van der Waals surface area contributed by atoms with Gasteiger partial charge in [-0.3, -0.25) is 4.79 Å². The smallest absolute Gasteiger partial charge is 0.336 e. The van der Waals surface area contributed by atoms with Crippen molar-refractivity contribution in [3.8, 4) is 17.2 Å². The summed E-state index contributed by atoms with van der Waals surface area (Å²) in [6.45, 7) is 2.20. The molecule has 0 spiro atoms. The number of carbonyl (C=O) groups is 2. The number of allylic oxidation sites excluding steroid dienone is 3. The number of hydrogen-bond acceptors (Lipinski definition) is 8. The van der Waals surface area contributed by atoms with Gasteiger partial charge in [0.2, 0.25) is 0 Å². The first kappa shape index (κ1) is 26.6. The molecule has 0 bridgehead atoms. The molecule has 0 unspecified atom stereocenters. The van der Waals surface area contributed by atoms with Gasteiger partial charge in [0.15, 0.2) is 17.3 Å². The minimum atomic E-state index is -0.470. The lowest BCUT2D eigenvalue weighted by Gasteiger charge is -2.36. The molecule has 1 aliphatic carbocycles. The van der Waals surface area contributed by atoms with Gasteiger partial charge in [-0.25, -0.2) is 4.79 Å². The Hall–Kier alpha value is -4.04. The summed E-state index contributed by atoms with van der Waals surface area (Å²) in [7, 11) is 3.20. The predicted molar refractivity (Wildman–Crippen MR) is 149 cm³/mol. The SMILES string of the molecule is COc1ccc([C@H]2CC(=O)C3=C(C2)NC(C)=C(C(=O)OCCOc2ccccc2)[C@@H]3c2cccs2)cc1OC. The molecule has 1 aromatic heterocycles. The van der Waals surface area contributed by atoms with E-state index in [1.54, 1.807) is 14.2 Å². The van der Waals surface area contributed by atoms with Crippen molar-refractivity contribution in [2.24, 2.45) is 0 Å². The number of benzene rings is 2. The average Bonchev–Trinajstić information content (AvgIpc) is 3.49. The Morgan fingerprint density at radius 3 is 2.49 bits per heavy atom. The molecule has 0 saturated heterocycles. The van der Waals surface area contributed by atoms with Gasteiger partial charge in [0.25, 0.3) is 0 Å². The average molecular weight is 546 g/mol. The number of para-hydroxylation sites is 1. The van der Waals surface area contributed by atoms with Crippen LogP contribution in [0.15, 0.2) is 88.6 Å². The van der Waals surface area contributed by atoms with Gasteiger partial charge in [-0.1, -0.05) is 30.3 Å². The van der Waals surface area contributed by atoms with Crippen LogP contribution in [-0.2, 0) is 14.3 Å². The van der Waals surface area contributed by atoms with Crippen LogP contribution in [0.1, 0.15) is 42.0 Å². The molecule has 2 heterocycles. The van der Waals surface area contributed by atoms with Gasteiger partial charge in [-0.15, -0.1) is 11.3 Å². The zero-order valence-electron chi connectivity index (χ0n) is 22.2. The molecule has 0 radical (unpaired) electrons. The van der Waals surface area contributed by atoms with E-state index in [1.807, 2.05) is 73.0 Å². The van der Waals surface area contributed by atoms with Crippen molar-refractivity contribution in [3.05, 3.63) is 99.0 Å². The lowest BCUT2D eigenvalue weighted by Crippen LogP contribution is -2.36. The van der Waals surface area contributed by atoms with Crippen LogP contribution in [0.5, 0.6) is 17.2 Å². The van der Waals surface area contributed by atoms with Crippen LogP contribution in [0.2, 0.25) is 0 Å². The van der Waals surface area contributed by atoms with E-state index in [2.05, 4.69) is 5.32 Å². The van der Waals surface area contributed by atoms with Gasteiger partial charge in [-0.2, -0.15) is 0 Å². The highest BCUT2D eigenvalue weighted by molar-refractivity contribution is 7.10. The molecule has 3 aromatic rings. The highest BCUT2D eigenvalue weighted by atomic mass is 32.1. The lowest BCUT2D eigenvalue weighted by atomic mass is 9.73. The monoisotopic (exact) mass is 545 g/mol. The van der Waals surface area contributed by atoms with E-state index in [4.69, 9.17) is 18.9 Å². The zero-order valence-corrected chi connectivity index (χ0v) is 23.0. The van der Waals surface area contributed by atoms with E-state index in [-0.39, 0.29) is 24.9 Å². The van der Waals surface area contributed by atoms with Crippen LogP contribution >= 0.6 is 11.3 Å². The topological polar surface area (TPSA) is 83.1 Å². The maximum Gasteiger partial charge on any atom is 0.336 e. The fraction of sp³-hybridized carbons (Fsp3) is 0.290. The number of Topliss-reactive ketones (excluding diaryl/α,β-unsaturated/α-hetero) is 1. The second-order valence-corrected chi connectivity index (χ2v) is 10.4. The molecule has 0 amide bonds. The Morgan fingerprint density at radius 2 is 1.77 bits per heavy atom.